The van der Waals surface area contributed by atoms with Crippen molar-refractivity contribution in [3.8, 4) is 0 Å². The molecule has 0 saturated carbocycles. The molecule has 0 aromatic heterocycles. The number of hydrogen-bond donors (Lipinski definition) is 2. The summed E-state index contributed by atoms with van der Waals surface area (Å²) in [6.07, 6.45) is 1.14. The lowest BCUT2D eigenvalue weighted by Gasteiger charge is -2.13. The third-order valence-corrected chi connectivity index (χ3v) is 2.81. The molecule has 0 nitrogen and oxygen atoms in total. The van der Waals surface area contributed by atoms with Crippen LogP contribution in [0, 0.1) is 5.92 Å². The lowest BCUT2D eigenvalue weighted by atomic mass is 10.1. The fourth-order valence-corrected chi connectivity index (χ4v) is 1.05. The van der Waals surface area contributed by atoms with Crippen LogP contribution in [0.3, 0.4) is 0 Å². The molecule has 0 aromatic carbocycles. The summed E-state index contributed by atoms with van der Waals surface area (Å²) in [5.41, 5.74) is 0. The van der Waals surface area contributed by atoms with Crippen molar-refractivity contribution in [1.29, 1.82) is 0 Å². The van der Waals surface area contributed by atoms with Crippen molar-refractivity contribution in [1.82, 2.24) is 0 Å². The predicted molar refractivity (Wildman–Crippen MR) is 46.1 cm³/mol. The molecular formula is C6H14S2. The molecule has 0 radical (unpaired) electrons. The maximum Gasteiger partial charge on any atom is 0.00476 e. The van der Waals surface area contributed by atoms with Gasteiger partial charge in [-0.05, 0) is 18.1 Å². The Morgan fingerprint density at radius 3 is 2.12 bits per heavy atom. The zero-order valence-corrected chi connectivity index (χ0v) is 7.25. The summed E-state index contributed by atoms with van der Waals surface area (Å²) >= 11 is 8.52. The SMILES string of the molecule is CC[C@@H](S)[C@@H](C)CS. The second-order valence-corrected chi connectivity index (χ2v) is 3.16. The van der Waals surface area contributed by atoms with E-state index in [0.717, 1.165) is 12.2 Å². The zero-order chi connectivity index (χ0) is 6.57. The van der Waals surface area contributed by atoms with E-state index in [1.54, 1.807) is 0 Å². The van der Waals surface area contributed by atoms with E-state index in [-0.39, 0.29) is 0 Å². The molecule has 0 unspecified atom stereocenters. The second kappa shape index (κ2) is 4.57. The lowest BCUT2D eigenvalue weighted by Crippen LogP contribution is -2.11. The number of rotatable bonds is 3. The van der Waals surface area contributed by atoms with Crippen LogP contribution in [0.4, 0.5) is 0 Å². The maximum atomic E-state index is 4.36. The van der Waals surface area contributed by atoms with Crippen molar-refractivity contribution >= 4 is 25.3 Å². The molecule has 0 fully saturated rings. The van der Waals surface area contributed by atoms with Gasteiger partial charge in [-0.2, -0.15) is 25.3 Å². The molecule has 0 rings (SSSR count). The van der Waals surface area contributed by atoms with E-state index in [0.29, 0.717) is 11.2 Å². The first kappa shape index (κ1) is 8.70. The first-order chi connectivity index (χ1) is 3.72. The van der Waals surface area contributed by atoms with Gasteiger partial charge in [0.05, 0.1) is 0 Å². The Labute approximate surface area is 62.9 Å². The van der Waals surface area contributed by atoms with Crippen molar-refractivity contribution in [3.05, 3.63) is 0 Å². The van der Waals surface area contributed by atoms with Crippen LogP contribution in [0.5, 0.6) is 0 Å². The van der Waals surface area contributed by atoms with Gasteiger partial charge in [0.15, 0.2) is 0 Å². The number of hydrogen-bond acceptors (Lipinski definition) is 2. The standard InChI is InChI=1S/C6H14S2/c1-3-6(8)5(2)4-7/h5-8H,3-4H2,1-2H3/t5-,6+/m0/s1. The monoisotopic (exact) mass is 150 g/mol. The Hall–Kier alpha value is 0.700. The molecular weight excluding hydrogens is 136 g/mol. The second-order valence-electron chi connectivity index (χ2n) is 2.14. The van der Waals surface area contributed by atoms with Crippen LogP contribution < -0.4 is 0 Å². The highest BCUT2D eigenvalue weighted by atomic mass is 32.1. The van der Waals surface area contributed by atoms with Crippen molar-refractivity contribution in [3.63, 3.8) is 0 Å². The van der Waals surface area contributed by atoms with Gasteiger partial charge in [-0.25, -0.2) is 0 Å². The molecule has 0 amide bonds. The van der Waals surface area contributed by atoms with Gasteiger partial charge in [0.25, 0.3) is 0 Å². The van der Waals surface area contributed by atoms with Crippen LogP contribution in [0.25, 0.3) is 0 Å². The highest BCUT2D eigenvalue weighted by Gasteiger charge is 2.07. The highest BCUT2D eigenvalue weighted by molar-refractivity contribution is 7.81. The topological polar surface area (TPSA) is 0 Å². The van der Waals surface area contributed by atoms with Crippen LogP contribution in [-0.2, 0) is 0 Å². The van der Waals surface area contributed by atoms with E-state index < -0.39 is 0 Å². The Morgan fingerprint density at radius 2 is 2.00 bits per heavy atom. The van der Waals surface area contributed by atoms with E-state index in [4.69, 9.17) is 0 Å². The maximum absolute atomic E-state index is 4.36. The minimum Gasteiger partial charge on any atom is -0.179 e. The molecule has 0 saturated heterocycles. The minimum atomic E-state index is 0.535. The molecule has 2 heteroatoms. The van der Waals surface area contributed by atoms with Gasteiger partial charge in [-0.3, -0.25) is 0 Å². The van der Waals surface area contributed by atoms with Crippen LogP contribution in [0.15, 0.2) is 0 Å². The molecule has 0 aromatic rings. The molecule has 0 bridgehead atoms. The van der Waals surface area contributed by atoms with Crippen LogP contribution >= 0.6 is 25.3 Å². The van der Waals surface area contributed by atoms with Crippen molar-refractivity contribution in [2.45, 2.75) is 25.5 Å². The summed E-state index contributed by atoms with van der Waals surface area (Å²) in [7, 11) is 0. The van der Waals surface area contributed by atoms with Gasteiger partial charge in [-0.1, -0.05) is 13.8 Å². The largest absolute Gasteiger partial charge is 0.179 e. The van der Waals surface area contributed by atoms with E-state index in [9.17, 15) is 0 Å². The van der Waals surface area contributed by atoms with Crippen molar-refractivity contribution < 1.29 is 0 Å². The first-order valence-corrected chi connectivity index (χ1v) is 4.16. The van der Waals surface area contributed by atoms with Crippen molar-refractivity contribution in [2.24, 2.45) is 5.92 Å². The van der Waals surface area contributed by atoms with Gasteiger partial charge < -0.3 is 0 Å². The summed E-state index contributed by atoms with van der Waals surface area (Å²) in [5, 5.41) is 0.535. The average Bonchev–Trinajstić information content (AvgIpc) is 1.84. The molecule has 0 N–H and O–H groups in total. The summed E-state index contributed by atoms with van der Waals surface area (Å²) in [6.45, 7) is 4.33. The summed E-state index contributed by atoms with van der Waals surface area (Å²) in [5.74, 6) is 1.59. The van der Waals surface area contributed by atoms with E-state index in [1.165, 1.54) is 0 Å². The van der Waals surface area contributed by atoms with Crippen LogP contribution in [0.2, 0.25) is 0 Å². The molecule has 0 aliphatic rings. The van der Waals surface area contributed by atoms with Crippen molar-refractivity contribution in [2.75, 3.05) is 5.75 Å². The minimum absolute atomic E-state index is 0.535. The summed E-state index contributed by atoms with van der Waals surface area (Å²) in [4.78, 5) is 0. The van der Waals surface area contributed by atoms with Gasteiger partial charge in [0.2, 0.25) is 0 Å². The quantitative estimate of drug-likeness (QED) is 0.567. The van der Waals surface area contributed by atoms with Gasteiger partial charge in [0.1, 0.15) is 0 Å². The van der Waals surface area contributed by atoms with E-state index in [1.807, 2.05) is 0 Å². The third-order valence-electron chi connectivity index (χ3n) is 1.36. The summed E-state index contributed by atoms with van der Waals surface area (Å²) < 4.78 is 0. The first-order valence-electron chi connectivity index (χ1n) is 3.01. The lowest BCUT2D eigenvalue weighted by molar-refractivity contribution is 0.608. The molecule has 8 heavy (non-hydrogen) atoms. The van der Waals surface area contributed by atoms with E-state index >= 15 is 0 Å². The summed E-state index contributed by atoms with van der Waals surface area (Å²) in [6, 6.07) is 0. The van der Waals surface area contributed by atoms with Gasteiger partial charge in [-0.15, -0.1) is 0 Å². The average molecular weight is 150 g/mol. The predicted octanol–water partition coefficient (Wildman–Crippen LogP) is 2.26. The Kier molecular flexibility index (Phi) is 4.97. The van der Waals surface area contributed by atoms with Crippen LogP contribution in [0.1, 0.15) is 20.3 Å². The fraction of sp³-hybridized carbons (Fsp3) is 1.00. The molecule has 0 spiro atoms. The van der Waals surface area contributed by atoms with Gasteiger partial charge >= 0.3 is 0 Å². The smallest absolute Gasteiger partial charge is 0.00476 e. The number of thiol groups is 2. The van der Waals surface area contributed by atoms with Crippen LogP contribution in [-0.4, -0.2) is 11.0 Å². The third kappa shape index (κ3) is 2.88. The molecule has 50 valence electrons. The Bertz CT molecular complexity index is 46.5. The fourth-order valence-electron chi connectivity index (χ4n) is 0.524. The Balaban J connectivity index is 3.29. The normalized spacial score (nSPS) is 18.0. The Morgan fingerprint density at radius 1 is 1.50 bits per heavy atom. The molecule has 0 heterocycles. The zero-order valence-electron chi connectivity index (χ0n) is 5.46. The molecule has 2 atom stereocenters. The highest BCUT2D eigenvalue weighted by Crippen LogP contribution is 2.13. The molecule has 0 aliphatic heterocycles. The van der Waals surface area contributed by atoms with E-state index in [2.05, 4.69) is 39.1 Å². The molecule has 0 aliphatic carbocycles. The van der Waals surface area contributed by atoms with Gasteiger partial charge in [0, 0.05) is 5.25 Å².